The molecule has 1 aromatic rings. The number of benzene rings is 1. The van der Waals surface area contributed by atoms with Crippen molar-refractivity contribution in [3.63, 3.8) is 0 Å². The maximum absolute atomic E-state index is 11.7. The Morgan fingerprint density at radius 2 is 2.23 bits per heavy atom. The van der Waals surface area contributed by atoms with E-state index in [1.807, 2.05) is 32.0 Å². The summed E-state index contributed by atoms with van der Waals surface area (Å²) in [5.41, 5.74) is 1.47. The van der Waals surface area contributed by atoms with Gasteiger partial charge in [0.2, 0.25) is 0 Å². The van der Waals surface area contributed by atoms with Crippen molar-refractivity contribution in [3.8, 4) is 5.75 Å². The Bertz CT molecular complexity index is 493. The van der Waals surface area contributed by atoms with Crippen LogP contribution in [0.1, 0.15) is 25.8 Å². The van der Waals surface area contributed by atoms with E-state index in [4.69, 9.17) is 9.84 Å². The van der Waals surface area contributed by atoms with Gasteiger partial charge in [-0.1, -0.05) is 6.07 Å². The number of aliphatic hydroxyl groups excluding tert-OH is 2. The van der Waals surface area contributed by atoms with Crippen LogP contribution in [0.25, 0.3) is 0 Å². The van der Waals surface area contributed by atoms with Crippen molar-refractivity contribution < 1.29 is 20.0 Å². The van der Waals surface area contributed by atoms with Crippen LogP contribution in [-0.4, -0.2) is 48.2 Å². The lowest BCUT2D eigenvalue weighted by Gasteiger charge is -2.27. The number of quaternary nitrogens is 1. The maximum Gasteiger partial charge on any atom is 0.138 e. The Balaban J connectivity index is 1.84. The highest BCUT2D eigenvalue weighted by Crippen LogP contribution is 2.27. The average molecular weight is 310 g/mol. The van der Waals surface area contributed by atoms with Crippen LogP contribution in [0.3, 0.4) is 0 Å². The zero-order valence-corrected chi connectivity index (χ0v) is 13.3. The fourth-order valence-electron chi connectivity index (χ4n) is 2.60. The highest BCUT2D eigenvalue weighted by atomic mass is 16.5. The van der Waals surface area contributed by atoms with Crippen LogP contribution in [0.2, 0.25) is 0 Å². The minimum absolute atomic E-state index is 0.108. The molecule has 0 spiro atoms. The minimum Gasteiger partial charge on any atom is -0.629 e. The molecule has 1 heterocycles. The molecule has 0 saturated carbocycles. The molecule has 1 aliphatic heterocycles. The van der Waals surface area contributed by atoms with E-state index >= 15 is 0 Å². The molecule has 1 aliphatic rings. The fraction of sp³-hybridized carbons (Fsp3) is 0.625. The molecule has 0 radical (unpaired) electrons. The maximum atomic E-state index is 11.7. The molecule has 0 amide bonds. The van der Waals surface area contributed by atoms with Crippen molar-refractivity contribution in [2.75, 3.05) is 26.3 Å². The molecule has 0 aliphatic carbocycles. The normalized spacial score (nSPS) is 19.0. The van der Waals surface area contributed by atoms with Gasteiger partial charge in [0.1, 0.15) is 24.1 Å². The van der Waals surface area contributed by atoms with Crippen LogP contribution in [0.4, 0.5) is 5.69 Å². The second-order valence-corrected chi connectivity index (χ2v) is 6.41. The van der Waals surface area contributed by atoms with E-state index in [1.165, 1.54) is 0 Å². The van der Waals surface area contributed by atoms with E-state index in [-0.39, 0.29) is 23.8 Å². The van der Waals surface area contributed by atoms with Crippen LogP contribution < -0.4 is 15.1 Å². The van der Waals surface area contributed by atoms with Gasteiger partial charge in [-0.15, -0.1) is 0 Å². The molecule has 2 rings (SSSR count). The quantitative estimate of drug-likeness (QED) is 0.497. The molecule has 124 valence electrons. The summed E-state index contributed by atoms with van der Waals surface area (Å²) in [6, 6.07) is 5.48. The number of hydrogen-bond donors (Lipinski definition) is 4. The zero-order chi connectivity index (χ0) is 16.2. The van der Waals surface area contributed by atoms with E-state index in [9.17, 15) is 10.3 Å². The van der Waals surface area contributed by atoms with E-state index in [0.29, 0.717) is 31.7 Å². The summed E-state index contributed by atoms with van der Waals surface area (Å²) < 4.78 is 5.69. The van der Waals surface area contributed by atoms with Crippen molar-refractivity contribution in [2.45, 2.75) is 38.3 Å². The summed E-state index contributed by atoms with van der Waals surface area (Å²) in [6.07, 6.45) is 0.683. The van der Waals surface area contributed by atoms with Crippen LogP contribution in [0.15, 0.2) is 18.2 Å². The van der Waals surface area contributed by atoms with Crippen LogP contribution >= 0.6 is 0 Å². The Morgan fingerprint density at radius 3 is 2.95 bits per heavy atom. The molecule has 0 saturated heterocycles. The van der Waals surface area contributed by atoms with Gasteiger partial charge in [0.25, 0.3) is 0 Å². The zero-order valence-electron chi connectivity index (χ0n) is 13.3. The highest BCUT2D eigenvalue weighted by molar-refractivity contribution is 5.51. The van der Waals surface area contributed by atoms with Crippen molar-refractivity contribution >= 4 is 5.69 Å². The highest BCUT2D eigenvalue weighted by Gasteiger charge is 2.23. The van der Waals surface area contributed by atoms with Gasteiger partial charge in [-0.05, 0) is 32.4 Å². The van der Waals surface area contributed by atoms with Crippen molar-refractivity contribution in [1.82, 2.24) is 5.32 Å². The molecular formula is C16H26N2O4. The van der Waals surface area contributed by atoms with Gasteiger partial charge in [-0.25, -0.2) is 0 Å². The molecule has 0 fully saturated rings. The first-order valence-corrected chi connectivity index (χ1v) is 7.75. The van der Waals surface area contributed by atoms with Crippen molar-refractivity contribution in [2.24, 2.45) is 0 Å². The Kier molecular flexibility index (Phi) is 5.77. The SMILES string of the molecule is CC(C)(CCO)NCC(O)COc1cccc2c1CC[NH+]2[O-]. The average Bonchev–Trinajstić information content (AvgIpc) is 2.85. The lowest BCUT2D eigenvalue weighted by molar-refractivity contribution is -0.768. The number of rotatable bonds is 8. The predicted molar refractivity (Wildman–Crippen MR) is 84.3 cm³/mol. The molecule has 0 bridgehead atoms. The van der Waals surface area contributed by atoms with Gasteiger partial charge >= 0.3 is 0 Å². The minimum atomic E-state index is -0.647. The monoisotopic (exact) mass is 310 g/mol. The number of aliphatic hydroxyl groups is 2. The molecule has 4 N–H and O–H groups in total. The summed E-state index contributed by atoms with van der Waals surface area (Å²) in [6.45, 7) is 5.17. The second kappa shape index (κ2) is 7.39. The van der Waals surface area contributed by atoms with E-state index in [1.54, 1.807) is 0 Å². The third kappa shape index (κ3) is 4.41. The van der Waals surface area contributed by atoms with Gasteiger partial charge in [0.15, 0.2) is 0 Å². The lowest BCUT2D eigenvalue weighted by atomic mass is 10.0. The second-order valence-electron chi connectivity index (χ2n) is 6.41. The van der Waals surface area contributed by atoms with Crippen LogP contribution in [0, 0.1) is 5.21 Å². The van der Waals surface area contributed by atoms with E-state index < -0.39 is 6.10 Å². The first kappa shape index (κ1) is 17.2. The summed E-state index contributed by atoms with van der Waals surface area (Å²) in [5.74, 6) is 0.692. The number of hydroxylamine groups is 1. The summed E-state index contributed by atoms with van der Waals surface area (Å²) in [7, 11) is 0. The predicted octanol–water partition coefficient (Wildman–Crippen LogP) is -0.253. The van der Waals surface area contributed by atoms with Gasteiger partial charge in [-0.3, -0.25) is 0 Å². The molecule has 2 atom stereocenters. The Morgan fingerprint density at radius 1 is 1.45 bits per heavy atom. The molecule has 2 unspecified atom stereocenters. The standard InChI is InChI=1S/C16H26N2O4/c1-16(2,7-9-19)17-10-12(20)11-22-15-5-3-4-14-13(15)6-8-18(14)21/h3-5,12,17-20H,6-11H2,1-2H3. The number of nitrogens with one attached hydrogen (secondary N) is 2. The third-order valence-corrected chi connectivity index (χ3v) is 4.02. The van der Waals surface area contributed by atoms with Crippen molar-refractivity contribution in [3.05, 3.63) is 29.0 Å². The number of β-amino-alcohol motifs (C(OH)–C–C–N with tert-alkyl or cyclic N) is 1. The smallest absolute Gasteiger partial charge is 0.138 e. The summed E-state index contributed by atoms with van der Waals surface area (Å²) in [5, 5.41) is 34.1. The fourth-order valence-corrected chi connectivity index (χ4v) is 2.60. The van der Waals surface area contributed by atoms with Crippen LogP contribution in [0.5, 0.6) is 5.75 Å². The first-order valence-electron chi connectivity index (χ1n) is 7.75. The van der Waals surface area contributed by atoms with Gasteiger partial charge in [0.05, 0.1) is 12.1 Å². The molecule has 0 aromatic heterocycles. The van der Waals surface area contributed by atoms with Crippen LogP contribution in [-0.2, 0) is 6.42 Å². The molecular weight excluding hydrogens is 284 g/mol. The third-order valence-electron chi connectivity index (χ3n) is 4.02. The van der Waals surface area contributed by atoms with Gasteiger partial charge in [-0.2, -0.15) is 0 Å². The first-order chi connectivity index (χ1) is 10.4. The summed E-state index contributed by atoms with van der Waals surface area (Å²) >= 11 is 0. The molecule has 22 heavy (non-hydrogen) atoms. The van der Waals surface area contributed by atoms with Crippen molar-refractivity contribution in [1.29, 1.82) is 0 Å². The topological polar surface area (TPSA) is 89.2 Å². The Labute approximate surface area is 131 Å². The summed E-state index contributed by atoms with van der Waals surface area (Å²) in [4.78, 5) is 0. The van der Waals surface area contributed by atoms with Gasteiger partial charge in [0, 0.05) is 25.1 Å². The van der Waals surface area contributed by atoms with E-state index in [0.717, 1.165) is 11.3 Å². The molecule has 6 heteroatoms. The molecule has 1 aromatic carbocycles. The van der Waals surface area contributed by atoms with Gasteiger partial charge < -0.3 is 30.5 Å². The van der Waals surface area contributed by atoms with E-state index in [2.05, 4.69) is 5.32 Å². The number of hydrogen-bond acceptors (Lipinski definition) is 5. The lowest BCUT2D eigenvalue weighted by Crippen LogP contribution is -3.00. The number of ether oxygens (including phenoxy) is 1. The Hall–Kier alpha value is -1.18. The number of fused-ring (bicyclic) bond motifs is 1. The largest absolute Gasteiger partial charge is 0.629 e. The molecule has 6 nitrogen and oxygen atoms in total.